The summed E-state index contributed by atoms with van der Waals surface area (Å²) in [7, 11) is 0. The van der Waals surface area contributed by atoms with Crippen molar-refractivity contribution in [3.63, 3.8) is 0 Å². The molecule has 3 aromatic heterocycles. The Morgan fingerprint density at radius 3 is 1.22 bits per heavy atom. The van der Waals surface area contributed by atoms with Gasteiger partial charge in [0, 0.05) is 40.2 Å². The van der Waals surface area contributed by atoms with Gasteiger partial charge in [-0.2, -0.15) is 0 Å². The summed E-state index contributed by atoms with van der Waals surface area (Å²) in [6.45, 7) is 0. The zero-order valence-electron chi connectivity index (χ0n) is 19.5. The maximum absolute atomic E-state index is 5.02. The lowest BCUT2D eigenvalue weighted by molar-refractivity contribution is 1.18. The first-order valence-corrected chi connectivity index (χ1v) is 11.8. The number of rotatable bonds is 5. The Labute approximate surface area is 210 Å². The van der Waals surface area contributed by atoms with E-state index in [1.165, 1.54) is 0 Å². The number of hydrogen-bond donors (Lipinski definition) is 0. The first kappa shape index (κ1) is 21.6. The van der Waals surface area contributed by atoms with Gasteiger partial charge < -0.3 is 0 Å². The standard InChI is InChI=1S/C32H22N4/c1-3-11-23(12-4-1)30-22-31(24-13-5-2-6-14-24)36-32(35-30)27-20-25(28-15-7-9-17-33-28)19-26(21-27)29-16-8-10-18-34-29/h1-22H. The second kappa shape index (κ2) is 9.72. The van der Waals surface area contributed by atoms with Crippen molar-refractivity contribution >= 4 is 0 Å². The minimum absolute atomic E-state index is 0.658. The van der Waals surface area contributed by atoms with Crippen LogP contribution in [-0.4, -0.2) is 19.9 Å². The molecule has 0 unspecified atom stereocenters. The van der Waals surface area contributed by atoms with Crippen LogP contribution < -0.4 is 0 Å². The van der Waals surface area contributed by atoms with Gasteiger partial charge in [0.15, 0.2) is 5.82 Å². The molecule has 0 spiro atoms. The quantitative estimate of drug-likeness (QED) is 0.265. The fourth-order valence-electron chi connectivity index (χ4n) is 4.21. The molecule has 0 aliphatic rings. The van der Waals surface area contributed by atoms with Gasteiger partial charge in [0.2, 0.25) is 0 Å². The van der Waals surface area contributed by atoms with Crippen LogP contribution in [0, 0.1) is 0 Å². The monoisotopic (exact) mass is 462 g/mol. The second-order valence-electron chi connectivity index (χ2n) is 8.42. The molecule has 0 saturated heterocycles. The molecule has 3 heterocycles. The Balaban J connectivity index is 1.58. The third kappa shape index (κ3) is 4.52. The van der Waals surface area contributed by atoms with E-state index in [0.29, 0.717) is 5.82 Å². The fourth-order valence-corrected chi connectivity index (χ4v) is 4.21. The highest BCUT2D eigenvalue weighted by Crippen LogP contribution is 2.32. The maximum atomic E-state index is 5.02. The Hall–Kier alpha value is -4.96. The number of benzene rings is 3. The molecule has 4 nitrogen and oxygen atoms in total. The summed E-state index contributed by atoms with van der Waals surface area (Å²) >= 11 is 0. The maximum Gasteiger partial charge on any atom is 0.160 e. The van der Waals surface area contributed by atoms with E-state index in [9.17, 15) is 0 Å². The van der Waals surface area contributed by atoms with Crippen molar-refractivity contribution in [2.75, 3.05) is 0 Å². The van der Waals surface area contributed by atoms with E-state index in [4.69, 9.17) is 9.97 Å². The number of aromatic nitrogens is 4. The summed E-state index contributed by atoms with van der Waals surface area (Å²) in [5.74, 6) is 0.658. The molecule has 0 amide bonds. The number of pyridine rings is 2. The molecule has 0 saturated carbocycles. The van der Waals surface area contributed by atoms with Crippen molar-refractivity contribution in [1.29, 1.82) is 0 Å². The number of hydrogen-bond acceptors (Lipinski definition) is 4. The zero-order valence-corrected chi connectivity index (χ0v) is 19.5. The van der Waals surface area contributed by atoms with E-state index in [1.54, 1.807) is 0 Å². The molecule has 0 aliphatic heterocycles. The molecule has 0 aliphatic carbocycles. The molecule has 170 valence electrons. The van der Waals surface area contributed by atoms with Crippen LogP contribution in [0.1, 0.15) is 0 Å². The molecule has 0 atom stereocenters. The molecule has 0 radical (unpaired) electrons. The van der Waals surface area contributed by atoms with E-state index in [-0.39, 0.29) is 0 Å². The van der Waals surface area contributed by atoms with Crippen LogP contribution in [-0.2, 0) is 0 Å². The molecule has 36 heavy (non-hydrogen) atoms. The normalized spacial score (nSPS) is 10.8. The smallest absolute Gasteiger partial charge is 0.160 e. The first-order valence-electron chi connectivity index (χ1n) is 11.8. The van der Waals surface area contributed by atoms with Crippen LogP contribution in [0.4, 0.5) is 0 Å². The van der Waals surface area contributed by atoms with Crippen molar-refractivity contribution < 1.29 is 0 Å². The topological polar surface area (TPSA) is 51.6 Å². The highest BCUT2D eigenvalue weighted by atomic mass is 14.9. The average molecular weight is 463 g/mol. The lowest BCUT2D eigenvalue weighted by Gasteiger charge is -2.12. The average Bonchev–Trinajstić information content (AvgIpc) is 2.98. The van der Waals surface area contributed by atoms with Crippen LogP contribution in [0.15, 0.2) is 134 Å². The first-order chi connectivity index (χ1) is 17.8. The highest BCUT2D eigenvalue weighted by molar-refractivity contribution is 5.79. The summed E-state index contributed by atoms with van der Waals surface area (Å²) in [5, 5.41) is 0. The van der Waals surface area contributed by atoms with Gasteiger partial charge >= 0.3 is 0 Å². The van der Waals surface area contributed by atoms with Crippen molar-refractivity contribution in [3.8, 4) is 56.4 Å². The minimum atomic E-state index is 0.658. The highest BCUT2D eigenvalue weighted by Gasteiger charge is 2.14. The molecule has 0 fully saturated rings. The molecule has 0 bridgehead atoms. The molecule has 6 rings (SSSR count). The Bertz CT molecular complexity index is 1360. The van der Waals surface area contributed by atoms with Crippen LogP contribution >= 0.6 is 0 Å². The van der Waals surface area contributed by atoms with Crippen LogP contribution in [0.25, 0.3) is 56.4 Å². The summed E-state index contributed by atoms with van der Waals surface area (Å²) in [4.78, 5) is 19.2. The second-order valence-corrected chi connectivity index (χ2v) is 8.42. The van der Waals surface area contributed by atoms with Gasteiger partial charge in [-0.05, 0) is 48.5 Å². The Morgan fingerprint density at radius 1 is 0.333 bits per heavy atom. The van der Waals surface area contributed by atoms with Gasteiger partial charge in [0.25, 0.3) is 0 Å². The van der Waals surface area contributed by atoms with Crippen molar-refractivity contribution in [3.05, 3.63) is 134 Å². The van der Waals surface area contributed by atoms with Gasteiger partial charge in [-0.15, -0.1) is 0 Å². The van der Waals surface area contributed by atoms with E-state index in [1.807, 2.05) is 85.2 Å². The molecular weight excluding hydrogens is 440 g/mol. The summed E-state index contributed by atoms with van der Waals surface area (Å²) < 4.78 is 0. The van der Waals surface area contributed by atoms with Crippen LogP contribution in [0.5, 0.6) is 0 Å². The lowest BCUT2D eigenvalue weighted by atomic mass is 9.99. The van der Waals surface area contributed by atoms with Crippen molar-refractivity contribution in [2.24, 2.45) is 0 Å². The number of nitrogens with zero attached hydrogens (tertiary/aromatic N) is 4. The third-order valence-electron chi connectivity index (χ3n) is 5.98. The molecular formula is C32H22N4. The predicted octanol–water partition coefficient (Wildman–Crippen LogP) is 7.60. The van der Waals surface area contributed by atoms with Gasteiger partial charge in [0.05, 0.1) is 22.8 Å². The van der Waals surface area contributed by atoms with Crippen molar-refractivity contribution in [1.82, 2.24) is 19.9 Å². The van der Waals surface area contributed by atoms with E-state index < -0.39 is 0 Å². The lowest BCUT2D eigenvalue weighted by Crippen LogP contribution is -1.97. The molecule has 4 heteroatoms. The molecule has 0 N–H and O–H groups in total. The Morgan fingerprint density at radius 2 is 0.778 bits per heavy atom. The summed E-state index contributed by atoms with van der Waals surface area (Å²) in [6, 6.07) is 40.7. The van der Waals surface area contributed by atoms with Gasteiger partial charge in [-0.1, -0.05) is 72.8 Å². The van der Waals surface area contributed by atoms with E-state index in [2.05, 4.69) is 58.5 Å². The van der Waals surface area contributed by atoms with E-state index >= 15 is 0 Å². The molecule has 3 aromatic carbocycles. The summed E-state index contributed by atoms with van der Waals surface area (Å²) in [5.41, 5.74) is 8.51. The van der Waals surface area contributed by atoms with Gasteiger partial charge in [-0.3, -0.25) is 9.97 Å². The fraction of sp³-hybridized carbons (Fsp3) is 0. The van der Waals surface area contributed by atoms with Gasteiger partial charge in [-0.25, -0.2) is 9.97 Å². The third-order valence-corrected chi connectivity index (χ3v) is 5.98. The van der Waals surface area contributed by atoms with Crippen molar-refractivity contribution in [2.45, 2.75) is 0 Å². The Kier molecular flexibility index (Phi) is 5.83. The minimum Gasteiger partial charge on any atom is -0.256 e. The summed E-state index contributed by atoms with van der Waals surface area (Å²) in [6.07, 6.45) is 3.62. The largest absolute Gasteiger partial charge is 0.256 e. The van der Waals surface area contributed by atoms with Crippen LogP contribution in [0.2, 0.25) is 0 Å². The van der Waals surface area contributed by atoms with E-state index in [0.717, 1.165) is 50.6 Å². The van der Waals surface area contributed by atoms with Crippen LogP contribution in [0.3, 0.4) is 0 Å². The molecule has 6 aromatic rings. The SMILES string of the molecule is c1ccc(-c2cc(-c3ccccc3)nc(-c3cc(-c4ccccn4)cc(-c4ccccn4)c3)n2)cc1. The van der Waals surface area contributed by atoms with Gasteiger partial charge in [0.1, 0.15) is 0 Å². The zero-order chi connectivity index (χ0) is 24.2. The predicted molar refractivity (Wildman–Crippen MR) is 145 cm³/mol.